The molecule has 0 heterocycles. The highest BCUT2D eigenvalue weighted by Crippen LogP contribution is 2.27. The minimum Gasteiger partial charge on any atom is -0.365 e. The van der Waals surface area contributed by atoms with Crippen LogP contribution in [0.2, 0.25) is 0 Å². The highest BCUT2D eigenvalue weighted by Gasteiger charge is 2.44. The van der Waals surface area contributed by atoms with Crippen molar-refractivity contribution < 1.29 is 43.7 Å². The first-order chi connectivity index (χ1) is 10.2. The predicted octanol–water partition coefficient (Wildman–Crippen LogP) is 3.00. The van der Waals surface area contributed by atoms with E-state index in [9.17, 15) is 30.7 Å². The smallest absolute Gasteiger partial charge is 0.365 e. The van der Waals surface area contributed by atoms with E-state index in [0.29, 0.717) is 24.9 Å². The molecule has 0 fully saturated rings. The van der Waals surface area contributed by atoms with Gasteiger partial charge in [0.15, 0.2) is 5.17 Å². The number of alkyl halides is 7. The maximum Gasteiger partial charge on any atom is 0.522 e. The first-order valence-electron chi connectivity index (χ1n) is 5.79. The van der Waals surface area contributed by atoms with E-state index in [0.717, 1.165) is 0 Å². The quantitative estimate of drug-likeness (QED) is 0.246. The summed E-state index contributed by atoms with van der Waals surface area (Å²) in [5, 5.41) is 3.01. The third-order valence-corrected chi connectivity index (χ3v) is 3.30. The Hall–Kier alpha value is -0.760. The molecule has 0 rings (SSSR count). The van der Waals surface area contributed by atoms with Crippen LogP contribution in [0.3, 0.4) is 0 Å². The van der Waals surface area contributed by atoms with Crippen LogP contribution in [0.4, 0.5) is 30.7 Å². The van der Waals surface area contributed by atoms with Crippen molar-refractivity contribution in [1.82, 2.24) is 5.32 Å². The van der Waals surface area contributed by atoms with Gasteiger partial charge < -0.3 is 5.32 Å². The maximum atomic E-state index is 12.5. The Morgan fingerprint density at radius 3 is 1.91 bits per heavy atom. The number of halogens is 7. The van der Waals surface area contributed by atoms with E-state index < -0.39 is 33.7 Å². The van der Waals surface area contributed by atoms with Crippen LogP contribution in [-0.4, -0.2) is 54.8 Å². The summed E-state index contributed by atoms with van der Waals surface area (Å²) in [5.41, 5.74) is -5.53. The second-order valence-corrected chi connectivity index (χ2v) is 5.96. The molecule has 140 valence electrons. The lowest BCUT2D eigenvalue weighted by Crippen LogP contribution is -2.31. The highest BCUT2D eigenvalue weighted by atomic mass is 32.2. The molecule has 0 radical (unpaired) electrons. The van der Waals surface area contributed by atoms with E-state index in [1.807, 2.05) is 0 Å². The summed E-state index contributed by atoms with van der Waals surface area (Å²) in [6.07, 6.45) is -3.63. The Labute approximate surface area is 132 Å². The van der Waals surface area contributed by atoms with E-state index in [4.69, 9.17) is 13.0 Å². The van der Waals surface area contributed by atoms with Crippen LogP contribution in [0.25, 0.3) is 0 Å². The van der Waals surface area contributed by atoms with E-state index in [2.05, 4.69) is 10.3 Å². The third-order valence-electron chi connectivity index (χ3n) is 1.64. The number of hydrogen-bond acceptors (Lipinski definition) is 4. The molecule has 0 amide bonds. The number of rotatable bonds is 5. The van der Waals surface area contributed by atoms with Crippen molar-refractivity contribution in [1.29, 1.82) is 0 Å². The number of aliphatic imine (C=N–C) groups is 1. The molecule has 0 aliphatic carbocycles. The summed E-state index contributed by atoms with van der Waals surface area (Å²) in [6.45, 7) is 4.46. The van der Waals surface area contributed by atoms with Crippen molar-refractivity contribution in [2.75, 3.05) is 18.8 Å². The highest BCUT2D eigenvalue weighted by molar-refractivity contribution is 8.13. The summed E-state index contributed by atoms with van der Waals surface area (Å²) < 4.78 is 106. The summed E-state index contributed by atoms with van der Waals surface area (Å²) in [5.74, 6) is -4.93. The monoisotopic (exact) mass is 396 g/mol. The predicted molar refractivity (Wildman–Crippen MR) is 72.7 cm³/mol. The SMILES string of the molecule is CCN=C(NCC)SCC(F)(F)C(F)F.O=S(=O)(O)C(F)(F)F. The molecule has 5 nitrogen and oxygen atoms in total. The number of thioether (sulfide) groups is 1. The van der Waals surface area contributed by atoms with Gasteiger partial charge in [-0.15, -0.1) is 0 Å². The van der Waals surface area contributed by atoms with Crippen molar-refractivity contribution in [3.63, 3.8) is 0 Å². The second kappa shape index (κ2) is 10.2. The first-order valence-corrected chi connectivity index (χ1v) is 8.22. The molecule has 0 saturated heterocycles. The van der Waals surface area contributed by atoms with E-state index >= 15 is 0 Å². The number of amidine groups is 1. The third kappa shape index (κ3) is 11.4. The average molecular weight is 396 g/mol. The normalized spacial score (nSPS) is 13.6. The molecule has 14 heteroatoms. The van der Waals surface area contributed by atoms with Crippen molar-refractivity contribution >= 4 is 27.0 Å². The lowest BCUT2D eigenvalue weighted by atomic mass is 10.4. The molecule has 0 bridgehead atoms. The van der Waals surface area contributed by atoms with E-state index in [1.165, 1.54) is 0 Å². The van der Waals surface area contributed by atoms with Crippen molar-refractivity contribution in [2.24, 2.45) is 4.99 Å². The molecule has 23 heavy (non-hydrogen) atoms. The lowest BCUT2D eigenvalue weighted by Gasteiger charge is -2.15. The minimum atomic E-state index is -5.84. The van der Waals surface area contributed by atoms with Gasteiger partial charge in [0.1, 0.15) is 0 Å². The summed E-state index contributed by atoms with van der Waals surface area (Å²) in [4.78, 5) is 3.87. The molecular formula is C9H15F7N2O3S2. The number of nitrogens with zero attached hydrogens (tertiary/aromatic N) is 1. The van der Waals surface area contributed by atoms with Gasteiger partial charge in [0.25, 0.3) is 0 Å². The number of hydrogen-bond donors (Lipinski definition) is 2. The van der Waals surface area contributed by atoms with Crippen LogP contribution < -0.4 is 5.32 Å². The Balaban J connectivity index is 0. The molecule has 0 aliphatic heterocycles. The first kappa shape index (κ1) is 24.5. The van der Waals surface area contributed by atoms with Gasteiger partial charge in [-0.05, 0) is 13.8 Å². The Kier molecular flexibility index (Phi) is 10.8. The fourth-order valence-corrected chi connectivity index (χ4v) is 1.60. The fourth-order valence-electron chi connectivity index (χ4n) is 0.675. The topological polar surface area (TPSA) is 78.8 Å². The van der Waals surface area contributed by atoms with Crippen LogP contribution in [0.1, 0.15) is 13.8 Å². The van der Waals surface area contributed by atoms with Crippen molar-refractivity contribution in [3.05, 3.63) is 0 Å². The van der Waals surface area contributed by atoms with Gasteiger partial charge in [-0.2, -0.15) is 30.4 Å². The molecule has 2 N–H and O–H groups in total. The molecule has 0 aliphatic rings. The van der Waals surface area contributed by atoms with Gasteiger partial charge in [-0.25, -0.2) is 8.78 Å². The lowest BCUT2D eigenvalue weighted by molar-refractivity contribution is -0.109. The van der Waals surface area contributed by atoms with Gasteiger partial charge in [-0.3, -0.25) is 9.55 Å². The van der Waals surface area contributed by atoms with Crippen LogP contribution in [0, 0.1) is 0 Å². The largest absolute Gasteiger partial charge is 0.522 e. The Bertz CT molecular complexity index is 466. The van der Waals surface area contributed by atoms with Gasteiger partial charge in [0.05, 0.1) is 5.75 Å². The van der Waals surface area contributed by atoms with Crippen LogP contribution in [-0.2, 0) is 10.1 Å². The summed E-state index contributed by atoms with van der Waals surface area (Å²) >= 11 is 0.615. The Morgan fingerprint density at radius 2 is 1.65 bits per heavy atom. The average Bonchev–Trinajstić information content (AvgIpc) is 2.34. The zero-order valence-corrected chi connectivity index (χ0v) is 13.5. The Morgan fingerprint density at radius 1 is 1.22 bits per heavy atom. The van der Waals surface area contributed by atoms with Crippen molar-refractivity contribution in [3.8, 4) is 0 Å². The van der Waals surface area contributed by atoms with E-state index in [-0.39, 0.29) is 5.17 Å². The minimum absolute atomic E-state index is 0.278. The van der Waals surface area contributed by atoms with Gasteiger partial charge in [0, 0.05) is 13.1 Å². The second-order valence-electron chi connectivity index (χ2n) is 3.58. The van der Waals surface area contributed by atoms with Gasteiger partial charge in [0.2, 0.25) is 0 Å². The van der Waals surface area contributed by atoms with Crippen LogP contribution in [0.5, 0.6) is 0 Å². The fraction of sp³-hybridized carbons (Fsp3) is 0.889. The zero-order chi connectivity index (χ0) is 18.9. The summed E-state index contributed by atoms with van der Waals surface area (Å²) in [6, 6.07) is 0. The molecular weight excluding hydrogens is 381 g/mol. The molecule has 0 aromatic heterocycles. The molecule has 0 spiro atoms. The molecule has 0 saturated carbocycles. The van der Waals surface area contributed by atoms with Crippen molar-refractivity contribution in [2.45, 2.75) is 31.7 Å². The molecule has 0 unspecified atom stereocenters. The molecule has 0 atom stereocenters. The van der Waals surface area contributed by atoms with E-state index in [1.54, 1.807) is 13.8 Å². The van der Waals surface area contributed by atoms with Crippen LogP contribution in [0.15, 0.2) is 4.99 Å². The van der Waals surface area contributed by atoms with Gasteiger partial charge in [-0.1, -0.05) is 11.8 Å². The molecule has 0 aromatic rings. The standard InChI is InChI=1S/C8H14F4N2S.CHF3O3S/c1-3-13-7(14-4-2)15-5-8(11,12)6(9)10;2-1(3,4)8(5,6)7/h6H,3-5H2,1-2H3,(H,13,14);(H,5,6,7). The number of nitrogens with one attached hydrogen (secondary N) is 1. The van der Waals surface area contributed by atoms with Gasteiger partial charge >= 0.3 is 28.0 Å². The maximum absolute atomic E-state index is 12.5. The van der Waals surface area contributed by atoms with Crippen LogP contribution >= 0.6 is 11.8 Å². The summed E-state index contributed by atoms with van der Waals surface area (Å²) in [7, 11) is -5.84. The molecule has 0 aromatic carbocycles. The zero-order valence-electron chi connectivity index (χ0n) is 11.9.